The molecule has 18 heavy (non-hydrogen) atoms. The molecule has 0 aromatic carbocycles. The van der Waals surface area contributed by atoms with Gasteiger partial charge in [-0.1, -0.05) is 31.9 Å². The molecule has 1 aromatic rings. The standard InChI is InChI=1S/C14H19ClN2O/c1-9-7-11(12(15)16-8-9)17-13(18)10-5-4-6-14(10,2)3/h7-8,10H,4-6H2,1-3H3,(H,17,18). The van der Waals surface area contributed by atoms with E-state index in [1.807, 2.05) is 13.0 Å². The molecule has 0 aliphatic heterocycles. The first-order valence-corrected chi connectivity index (χ1v) is 6.71. The zero-order valence-corrected chi connectivity index (χ0v) is 11.8. The lowest BCUT2D eigenvalue weighted by atomic mass is 9.81. The van der Waals surface area contributed by atoms with Gasteiger partial charge in [-0.25, -0.2) is 4.98 Å². The van der Waals surface area contributed by atoms with Crippen LogP contribution in [0.2, 0.25) is 5.15 Å². The fraction of sp³-hybridized carbons (Fsp3) is 0.571. The van der Waals surface area contributed by atoms with Crippen LogP contribution in [0, 0.1) is 18.3 Å². The molecule has 1 fully saturated rings. The van der Waals surface area contributed by atoms with E-state index >= 15 is 0 Å². The molecule has 1 aromatic heterocycles. The lowest BCUT2D eigenvalue weighted by molar-refractivity contribution is -0.122. The van der Waals surface area contributed by atoms with Crippen LogP contribution in [-0.4, -0.2) is 10.9 Å². The molecule has 1 aliphatic carbocycles. The molecule has 1 N–H and O–H groups in total. The maximum absolute atomic E-state index is 12.3. The minimum absolute atomic E-state index is 0.0619. The number of carbonyl (C=O) groups is 1. The summed E-state index contributed by atoms with van der Waals surface area (Å²) in [5, 5.41) is 3.27. The number of aryl methyl sites for hydroxylation is 1. The molecule has 3 nitrogen and oxygen atoms in total. The molecule has 0 bridgehead atoms. The first-order valence-electron chi connectivity index (χ1n) is 6.33. The van der Waals surface area contributed by atoms with Gasteiger partial charge < -0.3 is 5.32 Å². The predicted molar refractivity (Wildman–Crippen MR) is 73.7 cm³/mol. The van der Waals surface area contributed by atoms with E-state index in [0.717, 1.165) is 24.8 Å². The summed E-state index contributed by atoms with van der Waals surface area (Å²) in [6, 6.07) is 1.86. The molecule has 0 saturated heterocycles. The average molecular weight is 267 g/mol. The molecule has 1 amide bonds. The summed E-state index contributed by atoms with van der Waals surface area (Å²) >= 11 is 5.99. The van der Waals surface area contributed by atoms with Gasteiger partial charge in [0, 0.05) is 12.1 Å². The topological polar surface area (TPSA) is 42.0 Å². The quantitative estimate of drug-likeness (QED) is 0.827. The number of anilines is 1. The van der Waals surface area contributed by atoms with Crippen LogP contribution in [-0.2, 0) is 4.79 Å². The fourth-order valence-corrected chi connectivity index (χ4v) is 2.82. The van der Waals surface area contributed by atoms with Crippen LogP contribution in [0.5, 0.6) is 0 Å². The minimum atomic E-state index is 0.0619. The number of aromatic nitrogens is 1. The Balaban J connectivity index is 2.14. The SMILES string of the molecule is Cc1cnc(Cl)c(NC(=O)C2CCCC2(C)C)c1. The van der Waals surface area contributed by atoms with Crippen LogP contribution in [0.4, 0.5) is 5.69 Å². The summed E-state index contributed by atoms with van der Waals surface area (Å²) in [5.74, 6) is 0.126. The van der Waals surface area contributed by atoms with E-state index in [1.165, 1.54) is 0 Å². The van der Waals surface area contributed by atoms with Gasteiger partial charge in [-0.15, -0.1) is 0 Å². The fourth-order valence-electron chi connectivity index (χ4n) is 2.67. The number of rotatable bonds is 2. The Morgan fingerprint density at radius 1 is 1.56 bits per heavy atom. The van der Waals surface area contributed by atoms with Gasteiger partial charge >= 0.3 is 0 Å². The highest BCUT2D eigenvalue weighted by molar-refractivity contribution is 6.32. The number of nitrogens with one attached hydrogen (secondary N) is 1. The largest absolute Gasteiger partial charge is 0.323 e. The molecule has 1 saturated carbocycles. The Morgan fingerprint density at radius 2 is 2.28 bits per heavy atom. The van der Waals surface area contributed by atoms with Gasteiger partial charge in [-0.3, -0.25) is 4.79 Å². The third-order valence-electron chi connectivity index (χ3n) is 3.81. The second-order valence-corrected chi connectivity index (χ2v) is 6.13. The first-order chi connectivity index (χ1) is 8.40. The van der Waals surface area contributed by atoms with Gasteiger partial charge in [0.05, 0.1) is 5.69 Å². The number of hydrogen-bond donors (Lipinski definition) is 1. The Morgan fingerprint density at radius 3 is 2.89 bits per heavy atom. The van der Waals surface area contributed by atoms with Crippen LogP contribution in [0.3, 0.4) is 0 Å². The van der Waals surface area contributed by atoms with Crippen molar-refractivity contribution in [3.8, 4) is 0 Å². The third-order valence-corrected chi connectivity index (χ3v) is 4.11. The van der Waals surface area contributed by atoms with Gasteiger partial charge in [0.2, 0.25) is 5.91 Å². The zero-order chi connectivity index (χ0) is 13.3. The van der Waals surface area contributed by atoms with Gasteiger partial charge in [0.15, 0.2) is 5.15 Å². The molecule has 0 radical (unpaired) electrons. The van der Waals surface area contributed by atoms with Gasteiger partial charge in [0.1, 0.15) is 0 Å². The van der Waals surface area contributed by atoms with Crippen molar-refractivity contribution in [3.63, 3.8) is 0 Å². The van der Waals surface area contributed by atoms with Gasteiger partial charge in [-0.05, 0) is 36.8 Å². The molecular formula is C14H19ClN2O. The number of halogens is 1. The summed E-state index contributed by atoms with van der Waals surface area (Å²) in [6.07, 6.45) is 4.86. The lowest BCUT2D eigenvalue weighted by Crippen LogP contribution is -2.30. The van der Waals surface area contributed by atoms with Crippen molar-refractivity contribution in [3.05, 3.63) is 23.0 Å². The highest BCUT2D eigenvalue weighted by Gasteiger charge is 2.39. The van der Waals surface area contributed by atoms with Crippen LogP contribution < -0.4 is 5.32 Å². The molecule has 1 aliphatic rings. The molecular weight excluding hydrogens is 248 g/mol. The average Bonchev–Trinajstić information content (AvgIpc) is 2.63. The van der Waals surface area contributed by atoms with Crippen molar-refractivity contribution < 1.29 is 4.79 Å². The Bertz CT molecular complexity index is 471. The summed E-state index contributed by atoms with van der Waals surface area (Å²) in [7, 11) is 0. The first kappa shape index (κ1) is 13.3. The monoisotopic (exact) mass is 266 g/mol. The Kier molecular flexibility index (Phi) is 3.62. The third kappa shape index (κ3) is 2.66. The van der Waals surface area contributed by atoms with Crippen molar-refractivity contribution in [1.82, 2.24) is 4.98 Å². The second-order valence-electron chi connectivity index (χ2n) is 5.77. The molecule has 4 heteroatoms. The van der Waals surface area contributed by atoms with Crippen molar-refractivity contribution in [2.24, 2.45) is 11.3 Å². The van der Waals surface area contributed by atoms with Crippen LogP contribution >= 0.6 is 11.6 Å². The predicted octanol–water partition coefficient (Wildman–Crippen LogP) is 3.81. The number of nitrogens with zero attached hydrogens (tertiary/aromatic N) is 1. The summed E-state index contributed by atoms with van der Waals surface area (Å²) in [5.41, 5.74) is 1.68. The van der Waals surface area contributed by atoms with Crippen molar-refractivity contribution in [1.29, 1.82) is 0 Å². The molecule has 2 rings (SSSR count). The molecule has 98 valence electrons. The lowest BCUT2D eigenvalue weighted by Gasteiger charge is -2.26. The highest BCUT2D eigenvalue weighted by Crippen LogP contribution is 2.43. The van der Waals surface area contributed by atoms with E-state index in [2.05, 4.69) is 24.1 Å². The van der Waals surface area contributed by atoms with Gasteiger partial charge in [-0.2, -0.15) is 0 Å². The normalized spacial score (nSPS) is 21.9. The number of hydrogen-bond acceptors (Lipinski definition) is 2. The number of carbonyl (C=O) groups excluding carboxylic acids is 1. The number of amides is 1. The highest BCUT2D eigenvalue weighted by atomic mass is 35.5. The van der Waals surface area contributed by atoms with E-state index in [-0.39, 0.29) is 17.2 Å². The van der Waals surface area contributed by atoms with Crippen LogP contribution in [0.1, 0.15) is 38.7 Å². The van der Waals surface area contributed by atoms with Crippen molar-refractivity contribution in [2.45, 2.75) is 40.0 Å². The van der Waals surface area contributed by atoms with E-state index in [4.69, 9.17) is 11.6 Å². The maximum atomic E-state index is 12.3. The second kappa shape index (κ2) is 4.88. The van der Waals surface area contributed by atoms with Crippen LogP contribution in [0.15, 0.2) is 12.3 Å². The Hall–Kier alpha value is -1.09. The van der Waals surface area contributed by atoms with E-state index in [9.17, 15) is 4.79 Å². The molecule has 1 atom stereocenters. The Labute approximate surface area is 113 Å². The molecule has 0 spiro atoms. The zero-order valence-electron chi connectivity index (χ0n) is 11.1. The van der Waals surface area contributed by atoms with Gasteiger partial charge in [0.25, 0.3) is 0 Å². The van der Waals surface area contributed by atoms with E-state index in [0.29, 0.717) is 10.8 Å². The molecule has 1 unspecified atom stereocenters. The van der Waals surface area contributed by atoms with Crippen LogP contribution in [0.25, 0.3) is 0 Å². The smallest absolute Gasteiger partial charge is 0.228 e. The summed E-state index contributed by atoms with van der Waals surface area (Å²) in [4.78, 5) is 16.3. The van der Waals surface area contributed by atoms with E-state index in [1.54, 1.807) is 6.20 Å². The van der Waals surface area contributed by atoms with Crippen molar-refractivity contribution >= 4 is 23.2 Å². The van der Waals surface area contributed by atoms with Crippen molar-refractivity contribution in [2.75, 3.05) is 5.32 Å². The number of pyridine rings is 1. The minimum Gasteiger partial charge on any atom is -0.323 e. The summed E-state index contributed by atoms with van der Waals surface area (Å²) < 4.78 is 0. The maximum Gasteiger partial charge on any atom is 0.228 e. The summed E-state index contributed by atoms with van der Waals surface area (Å²) in [6.45, 7) is 6.24. The van der Waals surface area contributed by atoms with E-state index < -0.39 is 0 Å². The molecule has 1 heterocycles.